The summed E-state index contributed by atoms with van der Waals surface area (Å²) in [5.74, 6) is 0.810. The number of aromatic nitrogens is 4. The Balaban J connectivity index is 1.26. The first-order valence-corrected chi connectivity index (χ1v) is 11.3. The number of nitrogens with one attached hydrogen (secondary N) is 1. The molecule has 0 radical (unpaired) electrons. The van der Waals surface area contributed by atoms with Gasteiger partial charge >= 0.3 is 0 Å². The molecule has 9 heteroatoms. The van der Waals surface area contributed by atoms with Crippen LogP contribution in [0.3, 0.4) is 0 Å². The fourth-order valence-electron chi connectivity index (χ4n) is 4.26. The van der Waals surface area contributed by atoms with E-state index in [1.165, 1.54) is 12.3 Å². The van der Waals surface area contributed by atoms with E-state index in [2.05, 4.69) is 20.3 Å². The topological polar surface area (TPSA) is 95.7 Å². The predicted octanol–water partition coefficient (Wildman–Crippen LogP) is 3.07. The van der Waals surface area contributed by atoms with Crippen LogP contribution in [-0.2, 0) is 17.8 Å². The lowest BCUT2D eigenvalue weighted by atomic mass is 10.0. The molecule has 1 saturated heterocycles. The molecule has 8 nitrogen and oxygen atoms in total. The number of rotatable bonds is 6. The number of aliphatic hydroxyl groups is 1. The molecule has 2 N–H and O–H groups in total. The van der Waals surface area contributed by atoms with Crippen molar-refractivity contribution >= 4 is 17.4 Å². The van der Waals surface area contributed by atoms with Crippen molar-refractivity contribution in [1.29, 1.82) is 0 Å². The van der Waals surface area contributed by atoms with Crippen LogP contribution >= 0.6 is 0 Å². The van der Waals surface area contributed by atoms with Crippen LogP contribution in [0.5, 0.6) is 0 Å². The Morgan fingerprint density at radius 1 is 1.12 bits per heavy atom. The number of aliphatic hydroxyl groups excluding tert-OH is 1. The Labute approximate surface area is 196 Å². The number of amides is 1. The summed E-state index contributed by atoms with van der Waals surface area (Å²) in [6, 6.07) is 12.3. The summed E-state index contributed by atoms with van der Waals surface area (Å²) < 4.78 is 15.4. The second kappa shape index (κ2) is 9.56. The van der Waals surface area contributed by atoms with E-state index in [9.17, 15) is 14.3 Å². The zero-order valence-corrected chi connectivity index (χ0v) is 18.6. The van der Waals surface area contributed by atoms with E-state index >= 15 is 0 Å². The Morgan fingerprint density at radius 3 is 2.76 bits per heavy atom. The minimum atomic E-state index is -0.364. The summed E-state index contributed by atoms with van der Waals surface area (Å²) >= 11 is 0. The number of hydrogen-bond donors (Lipinski definition) is 2. The molecule has 5 rings (SSSR count). The summed E-state index contributed by atoms with van der Waals surface area (Å²) in [4.78, 5) is 28.0. The number of pyridine rings is 1. The van der Waals surface area contributed by atoms with Gasteiger partial charge in [-0.2, -0.15) is 0 Å². The van der Waals surface area contributed by atoms with Crippen LogP contribution < -0.4 is 5.32 Å². The van der Waals surface area contributed by atoms with Crippen molar-refractivity contribution in [2.24, 2.45) is 0 Å². The largest absolute Gasteiger partial charge is 0.392 e. The van der Waals surface area contributed by atoms with Crippen LogP contribution in [0.15, 0.2) is 61.1 Å². The molecule has 0 bridgehead atoms. The van der Waals surface area contributed by atoms with Gasteiger partial charge in [0.15, 0.2) is 5.82 Å². The maximum Gasteiger partial charge on any atom is 0.227 e. The van der Waals surface area contributed by atoms with Gasteiger partial charge in [-0.15, -0.1) is 0 Å². The number of likely N-dealkylation sites (tertiary alicyclic amines) is 1. The molecule has 1 aliphatic heterocycles. The summed E-state index contributed by atoms with van der Waals surface area (Å²) in [7, 11) is 0. The molecule has 34 heavy (non-hydrogen) atoms. The van der Waals surface area contributed by atoms with Crippen LogP contribution in [0.25, 0.3) is 17.2 Å². The number of halogens is 1. The van der Waals surface area contributed by atoms with Gasteiger partial charge in [-0.3, -0.25) is 9.20 Å². The lowest BCUT2D eigenvalue weighted by molar-refractivity contribution is -0.131. The molecule has 1 fully saturated rings. The van der Waals surface area contributed by atoms with Crippen molar-refractivity contribution in [2.75, 3.05) is 18.4 Å². The number of fused-ring (bicyclic) bond motifs is 1. The van der Waals surface area contributed by atoms with Gasteiger partial charge in [0.05, 0.1) is 19.2 Å². The number of imidazole rings is 1. The number of nitrogens with zero attached hydrogens (tertiary/aromatic N) is 5. The van der Waals surface area contributed by atoms with Crippen LogP contribution in [-0.4, -0.2) is 54.4 Å². The van der Waals surface area contributed by atoms with Crippen LogP contribution in [0.4, 0.5) is 10.2 Å². The van der Waals surface area contributed by atoms with Crippen molar-refractivity contribution in [3.8, 4) is 11.5 Å². The molecule has 1 amide bonds. The minimum absolute atomic E-state index is 0.00735. The molecule has 1 atom stereocenters. The molecule has 0 aliphatic carbocycles. The first-order valence-electron chi connectivity index (χ1n) is 11.3. The molecular formula is C25H25FN6O2. The van der Waals surface area contributed by atoms with Gasteiger partial charge in [0, 0.05) is 31.5 Å². The monoisotopic (exact) mass is 460 g/mol. The second-order valence-corrected chi connectivity index (χ2v) is 8.46. The Morgan fingerprint density at radius 2 is 1.94 bits per heavy atom. The molecule has 4 heterocycles. The highest BCUT2D eigenvalue weighted by atomic mass is 19.1. The Kier molecular flexibility index (Phi) is 6.18. The maximum absolute atomic E-state index is 13.7. The highest BCUT2D eigenvalue weighted by Gasteiger charge is 2.24. The fourth-order valence-corrected chi connectivity index (χ4v) is 4.26. The molecule has 0 saturated carbocycles. The molecule has 4 aromatic rings. The van der Waals surface area contributed by atoms with E-state index in [-0.39, 0.29) is 24.4 Å². The van der Waals surface area contributed by atoms with Crippen LogP contribution in [0.2, 0.25) is 0 Å². The summed E-state index contributed by atoms with van der Waals surface area (Å²) in [6.45, 7) is 1.31. The van der Waals surface area contributed by atoms with E-state index < -0.39 is 0 Å². The number of carbonyl (C=O) groups excluding carboxylic acids is 1. The van der Waals surface area contributed by atoms with Crippen LogP contribution in [0.1, 0.15) is 24.0 Å². The van der Waals surface area contributed by atoms with E-state index in [0.29, 0.717) is 35.9 Å². The SMILES string of the molecule is O=C(Cc1ccc(CO)cc1)N1CCCC(Nc2ccnc(-c3cnc4ccc(F)cn34)n2)C1. The van der Waals surface area contributed by atoms with Gasteiger partial charge in [-0.1, -0.05) is 24.3 Å². The van der Waals surface area contributed by atoms with E-state index in [1.807, 2.05) is 29.2 Å². The zero-order valence-electron chi connectivity index (χ0n) is 18.6. The Bertz CT molecular complexity index is 1310. The van der Waals surface area contributed by atoms with E-state index in [4.69, 9.17) is 0 Å². The molecule has 1 unspecified atom stereocenters. The molecule has 174 valence electrons. The zero-order chi connectivity index (χ0) is 23.5. The highest BCUT2D eigenvalue weighted by molar-refractivity contribution is 5.79. The molecule has 1 aromatic carbocycles. The lowest BCUT2D eigenvalue weighted by Crippen LogP contribution is -2.45. The van der Waals surface area contributed by atoms with Gasteiger partial charge < -0.3 is 15.3 Å². The van der Waals surface area contributed by atoms with Crippen LogP contribution in [0, 0.1) is 5.82 Å². The normalized spacial score (nSPS) is 16.1. The van der Waals surface area contributed by atoms with E-state index in [1.54, 1.807) is 28.9 Å². The van der Waals surface area contributed by atoms with Crippen molar-refractivity contribution in [1.82, 2.24) is 24.3 Å². The van der Waals surface area contributed by atoms with Crippen molar-refractivity contribution in [2.45, 2.75) is 31.9 Å². The number of benzene rings is 1. The number of piperidine rings is 1. The number of carbonyl (C=O) groups is 1. The summed E-state index contributed by atoms with van der Waals surface area (Å²) in [6.07, 6.45) is 6.81. The quantitative estimate of drug-likeness (QED) is 0.459. The average molecular weight is 461 g/mol. The third kappa shape index (κ3) is 4.74. The lowest BCUT2D eigenvalue weighted by Gasteiger charge is -2.33. The van der Waals surface area contributed by atoms with E-state index in [0.717, 1.165) is 30.5 Å². The van der Waals surface area contributed by atoms with Gasteiger partial charge in [-0.25, -0.2) is 19.3 Å². The number of hydrogen-bond acceptors (Lipinski definition) is 6. The minimum Gasteiger partial charge on any atom is -0.392 e. The molecule has 1 aliphatic rings. The number of anilines is 1. The average Bonchev–Trinajstić information content (AvgIpc) is 3.28. The van der Waals surface area contributed by atoms with Crippen molar-refractivity contribution in [3.05, 3.63) is 78.0 Å². The highest BCUT2D eigenvalue weighted by Crippen LogP contribution is 2.21. The molecule has 3 aromatic heterocycles. The fraction of sp³-hybridized carbons (Fsp3) is 0.280. The Hall–Kier alpha value is -3.85. The maximum atomic E-state index is 13.7. The standard InChI is InChI=1S/C25H25FN6O2/c26-19-7-8-23-28-13-21(32(23)14-19)25-27-10-9-22(30-25)29-20-2-1-11-31(15-20)24(34)12-17-3-5-18(16-33)6-4-17/h3-10,13-14,20,33H,1-2,11-12,15-16H2,(H,27,29,30). The molecule has 0 spiro atoms. The summed E-state index contributed by atoms with van der Waals surface area (Å²) in [5.41, 5.74) is 2.98. The molecular weight excluding hydrogens is 435 g/mol. The van der Waals surface area contributed by atoms with Crippen molar-refractivity contribution in [3.63, 3.8) is 0 Å². The third-order valence-corrected chi connectivity index (χ3v) is 6.04. The van der Waals surface area contributed by atoms with Crippen molar-refractivity contribution < 1.29 is 14.3 Å². The smallest absolute Gasteiger partial charge is 0.227 e. The third-order valence-electron chi connectivity index (χ3n) is 6.04. The first-order chi connectivity index (χ1) is 16.6. The van der Waals surface area contributed by atoms with Gasteiger partial charge in [0.1, 0.15) is 23.0 Å². The first kappa shape index (κ1) is 22.0. The predicted molar refractivity (Wildman–Crippen MR) is 125 cm³/mol. The van der Waals surface area contributed by atoms with Gasteiger partial charge in [0.2, 0.25) is 5.91 Å². The van der Waals surface area contributed by atoms with Gasteiger partial charge in [0.25, 0.3) is 0 Å². The van der Waals surface area contributed by atoms with Gasteiger partial charge in [-0.05, 0) is 42.2 Å². The summed E-state index contributed by atoms with van der Waals surface area (Å²) in [5, 5.41) is 12.6. The second-order valence-electron chi connectivity index (χ2n) is 8.46.